The fourth-order valence-electron chi connectivity index (χ4n) is 1.71. The van der Waals surface area contributed by atoms with Gasteiger partial charge in [-0.2, -0.15) is 4.98 Å². The molecule has 0 atom stereocenters. The van der Waals surface area contributed by atoms with Gasteiger partial charge in [0.2, 0.25) is 5.91 Å². The van der Waals surface area contributed by atoms with Crippen LogP contribution in [-0.2, 0) is 4.79 Å². The number of aryl methyl sites for hydroxylation is 1. The lowest BCUT2D eigenvalue weighted by atomic mass is 10.0. The largest absolute Gasteiger partial charge is 0.431 e. The maximum absolute atomic E-state index is 12.2. The first-order chi connectivity index (χ1) is 7.63. The van der Waals surface area contributed by atoms with E-state index in [1.807, 2.05) is 27.7 Å². The normalized spacial score (nSPS) is 10.8. The summed E-state index contributed by atoms with van der Waals surface area (Å²) in [6, 6.07) is 0.414. The lowest BCUT2D eigenvalue weighted by molar-refractivity contribution is -0.122. The first kappa shape index (κ1) is 12.7. The summed E-state index contributed by atoms with van der Waals surface area (Å²) >= 11 is 0. The van der Waals surface area contributed by atoms with Crippen LogP contribution >= 0.6 is 0 Å². The van der Waals surface area contributed by atoms with Crippen molar-refractivity contribution in [1.29, 1.82) is 0 Å². The molecule has 16 heavy (non-hydrogen) atoms. The fourth-order valence-corrected chi connectivity index (χ4v) is 1.71. The molecule has 0 unspecified atom stereocenters. The summed E-state index contributed by atoms with van der Waals surface area (Å²) < 4.78 is 5.27. The molecule has 4 heteroatoms. The van der Waals surface area contributed by atoms with Crippen LogP contribution in [0.25, 0.3) is 0 Å². The first-order valence-corrected chi connectivity index (χ1v) is 5.87. The number of hydrogen-bond acceptors (Lipinski definition) is 3. The van der Waals surface area contributed by atoms with Crippen molar-refractivity contribution in [2.45, 2.75) is 40.5 Å². The molecule has 0 saturated carbocycles. The van der Waals surface area contributed by atoms with Crippen molar-refractivity contribution in [2.24, 2.45) is 5.92 Å². The zero-order chi connectivity index (χ0) is 12.1. The molecule has 1 heterocycles. The van der Waals surface area contributed by atoms with Crippen molar-refractivity contribution in [1.82, 2.24) is 4.98 Å². The molecule has 1 aromatic rings. The van der Waals surface area contributed by atoms with Crippen molar-refractivity contribution >= 4 is 11.9 Å². The highest BCUT2D eigenvalue weighted by atomic mass is 16.4. The fraction of sp³-hybridized carbons (Fsp3) is 0.667. The highest BCUT2D eigenvalue weighted by Gasteiger charge is 2.24. The van der Waals surface area contributed by atoms with Gasteiger partial charge in [0.25, 0.3) is 0 Å². The van der Waals surface area contributed by atoms with E-state index in [1.165, 1.54) is 0 Å². The molecule has 0 spiro atoms. The van der Waals surface area contributed by atoms with E-state index in [1.54, 1.807) is 11.2 Å². The minimum absolute atomic E-state index is 0.0622. The van der Waals surface area contributed by atoms with E-state index in [0.29, 0.717) is 12.6 Å². The predicted molar refractivity (Wildman–Crippen MR) is 63.3 cm³/mol. The van der Waals surface area contributed by atoms with Gasteiger partial charge in [-0.05, 0) is 26.7 Å². The van der Waals surface area contributed by atoms with Gasteiger partial charge < -0.3 is 4.42 Å². The average Bonchev–Trinajstić information content (AvgIpc) is 2.68. The summed E-state index contributed by atoms with van der Waals surface area (Å²) in [5.41, 5.74) is 0.797. The first-order valence-electron chi connectivity index (χ1n) is 5.87. The number of anilines is 1. The van der Waals surface area contributed by atoms with Crippen LogP contribution in [0.2, 0.25) is 0 Å². The third kappa shape index (κ3) is 2.62. The van der Waals surface area contributed by atoms with Crippen molar-refractivity contribution in [3.8, 4) is 0 Å². The molecule has 1 rings (SSSR count). The van der Waals surface area contributed by atoms with E-state index in [9.17, 15) is 4.79 Å². The Kier molecular flexibility index (Phi) is 4.52. The van der Waals surface area contributed by atoms with E-state index >= 15 is 0 Å². The Morgan fingerprint density at radius 1 is 1.44 bits per heavy atom. The number of aromatic nitrogens is 1. The highest BCUT2D eigenvalue weighted by molar-refractivity contribution is 5.92. The lowest BCUT2D eigenvalue weighted by Gasteiger charge is -2.21. The van der Waals surface area contributed by atoms with Gasteiger partial charge in [-0.25, -0.2) is 0 Å². The van der Waals surface area contributed by atoms with Gasteiger partial charge in [0.1, 0.15) is 6.26 Å². The van der Waals surface area contributed by atoms with Crippen molar-refractivity contribution < 1.29 is 9.21 Å². The number of carbonyl (C=O) groups excluding carboxylic acids is 1. The van der Waals surface area contributed by atoms with Gasteiger partial charge in [0, 0.05) is 12.5 Å². The molecule has 0 fully saturated rings. The van der Waals surface area contributed by atoms with E-state index in [2.05, 4.69) is 4.98 Å². The molecule has 0 saturated heterocycles. The highest BCUT2D eigenvalue weighted by Crippen LogP contribution is 2.18. The van der Waals surface area contributed by atoms with Gasteiger partial charge in [0.15, 0.2) is 0 Å². The van der Waals surface area contributed by atoms with Gasteiger partial charge in [-0.1, -0.05) is 13.8 Å². The Morgan fingerprint density at radius 2 is 2.06 bits per heavy atom. The molecular weight excluding hydrogens is 204 g/mol. The van der Waals surface area contributed by atoms with Gasteiger partial charge in [0.05, 0.1) is 5.69 Å². The zero-order valence-electron chi connectivity index (χ0n) is 10.5. The molecule has 1 amide bonds. The topological polar surface area (TPSA) is 46.3 Å². The number of carbonyl (C=O) groups is 1. The van der Waals surface area contributed by atoms with Gasteiger partial charge in [-0.3, -0.25) is 9.69 Å². The van der Waals surface area contributed by atoms with Crippen LogP contribution in [0.5, 0.6) is 0 Å². The number of hydrogen-bond donors (Lipinski definition) is 0. The maximum atomic E-state index is 12.2. The molecule has 0 aliphatic rings. The monoisotopic (exact) mass is 224 g/mol. The van der Waals surface area contributed by atoms with E-state index in [0.717, 1.165) is 18.5 Å². The number of nitrogens with zero attached hydrogens (tertiary/aromatic N) is 2. The Hall–Kier alpha value is -1.32. The van der Waals surface area contributed by atoms with Crippen LogP contribution in [-0.4, -0.2) is 17.4 Å². The second-order valence-corrected chi connectivity index (χ2v) is 3.87. The zero-order valence-corrected chi connectivity index (χ0v) is 10.5. The molecule has 4 nitrogen and oxygen atoms in total. The smallest absolute Gasteiger partial charge is 0.304 e. The SMILES string of the molecule is CCC(CC)C(=O)N(CC)c1nc(C)co1. The molecule has 0 aliphatic carbocycles. The summed E-state index contributed by atoms with van der Waals surface area (Å²) in [6.45, 7) is 8.43. The third-order valence-electron chi connectivity index (χ3n) is 2.75. The minimum atomic E-state index is 0.0622. The van der Waals surface area contributed by atoms with Crippen LogP contribution in [0.1, 0.15) is 39.3 Å². The molecule has 0 N–H and O–H groups in total. The van der Waals surface area contributed by atoms with Crippen molar-refractivity contribution in [3.05, 3.63) is 12.0 Å². The second-order valence-electron chi connectivity index (χ2n) is 3.87. The van der Waals surface area contributed by atoms with Gasteiger partial charge in [-0.15, -0.1) is 0 Å². The van der Waals surface area contributed by atoms with Crippen LogP contribution in [0.4, 0.5) is 6.01 Å². The maximum Gasteiger partial charge on any atom is 0.304 e. The van der Waals surface area contributed by atoms with Crippen LogP contribution in [0.3, 0.4) is 0 Å². The molecule has 1 aromatic heterocycles. The third-order valence-corrected chi connectivity index (χ3v) is 2.75. The summed E-state index contributed by atoms with van der Waals surface area (Å²) in [4.78, 5) is 18.0. The van der Waals surface area contributed by atoms with Crippen molar-refractivity contribution in [3.63, 3.8) is 0 Å². The summed E-state index contributed by atoms with van der Waals surface area (Å²) in [5, 5.41) is 0. The molecule has 0 bridgehead atoms. The Labute approximate surface area is 96.7 Å². The average molecular weight is 224 g/mol. The molecule has 0 radical (unpaired) electrons. The molecule has 0 aliphatic heterocycles. The number of oxazole rings is 1. The van der Waals surface area contributed by atoms with E-state index < -0.39 is 0 Å². The predicted octanol–water partition coefficient (Wildman–Crippen LogP) is 2.77. The van der Waals surface area contributed by atoms with Crippen LogP contribution in [0.15, 0.2) is 10.7 Å². The van der Waals surface area contributed by atoms with Crippen LogP contribution < -0.4 is 4.90 Å². The summed E-state index contributed by atoms with van der Waals surface area (Å²) in [7, 11) is 0. The molecule has 90 valence electrons. The molecular formula is C12H20N2O2. The van der Waals surface area contributed by atoms with Gasteiger partial charge >= 0.3 is 6.01 Å². The Morgan fingerprint density at radius 3 is 2.44 bits per heavy atom. The number of rotatable bonds is 5. The summed E-state index contributed by atoms with van der Waals surface area (Å²) in [6.07, 6.45) is 3.27. The van der Waals surface area contributed by atoms with E-state index in [-0.39, 0.29) is 11.8 Å². The number of amides is 1. The summed E-state index contributed by atoms with van der Waals surface area (Å²) in [5.74, 6) is 0.168. The van der Waals surface area contributed by atoms with Crippen LogP contribution in [0, 0.1) is 12.8 Å². The lowest BCUT2D eigenvalue weighted by Crippen LogP contribution is -2.36. The Balaban J connectivity index is 2.85. The Bertz CT molecular complexity index is 343. The van der Waals surface area contributed by atoms with E-state index in [4.69, 9.17) is 4.42 Å². The molecule has 0 aromatic carbocycles. The standard InChI is InChI=1S/C12H20N2O2/c1-5-10(6-2)11(15)14(7-3)12-13-9(4)8-16-12/h8,10H,5-7H2,1-4H3. The second kappa shape index (κ2) is 5.68. The van der Waals surface area contributed by atoms with Crippen molar-refractivity contribution in [2.75, 3.05) is 11.4 Å². The quantitative estimate of drug-likeness (QED) is 0.772. The minimum Gasteiger partial charge on any atom is -0.431 e.